The quantitative estimate of drug-likeness (QED) is 0.337. The molecule has 0 unspecified atom stereocenters. The predicted molar refractivity (Wildman–Crippen MR) is 42.4 cm³/mol. The SMILES string of the molecule is O=S(=O)(O)O.O=S(=O)([O][SbH2])[O][SbH2]. The molecule has 0 aliphatic heterocycles. The molecule has 0 aliphatic carbocycles. The van der Waals surface area contributed by atoms with Gasteiger partial charge in [-0.2, -0.15) is 8.42 Å². The summed E-state index contributed by atoms with van der Waals surface area (Å²) in [5.41, 5.74) is 0. The molecule has 0 heterocycles. The van der Waals surface area contributed by atoms with Gasteiger partial charge in [-0.1, -0.05) is 0 Å². The molecule has 0 aromatic carbocycles. The Bertz CT molecular complexity index is 265. The van der Waals surface area contributed by atoms with Gasteiger partial charge in [-0.15, -0.1) is 0 Å². The van der Waals surface area contributed by atoms with E-state index in [1.54, 1.807) is 0 Å². The first-order chi connectivity index (χ1) is 5.12. The molecule has 0 aromatic heterocycles. The number of hydrogen-bond donors (Lipinski definition) is 2. The average Bonchev–Trinajstić information content (AvgIpc) is 1.85. The van der Waals surface area contributed by atoms with Crippen LogP contribution >= 0.6 is 0 Å². The molecule has 0 spiro atoms. The third-order valence-electron chi connectivity index (χ3n) is 0.236. The van der Waals surface area contributed by atoms with Crippen molar-refractivity contribution >= 4 is 67.7 Å². The van der Waals surface area contributed by atoms with E-state index in [2.05, 4.69) is 4.92 Å². The van der Waals surface area contributed by atoms with Crippen molar-refractivity contribution in [3.63, 3.8) is 0 Å². The molecule has 0 saturated heterocycles. The van der Waals surface area contributed by atoms with E-state index in [0.29, 0.717) is 0 Å². The normalized spacial score (nSPS) is 11.7. The zero-order valence-corrected chi connectivity index (χ0v) is 13.5. The van der Waals surface area contributed by atoms with Gasteiger partial charge in [-0.05, 0) is 0 Å². The van der Waals surface area contributed by atoms with Crippen LogP contribution in [-0.4, -0.2) is 72.8 Å². The van der Waals surface area contributed by atoms with Crippen LogP contribution in [0.4, 0.5) is 0 Å². The van der Waals surface area contributed by atoms with Crippen LogP contribution in [0.15, 0.2) is 0 Å². The van der Waals surface area contributed by atoms with Crippen molar-refractivity contribution < 1.29 is 30.9 Å². The molecular formula is H6O8S2Sb2. The zero-order valence-electron chi connectivity index (χ0n) is 5.32. The third-order valence-corrected chi connectivity index (χ3v) is 4.74. The molecule has 0 radical (unpaired) electrons. The van der Waals surface area contributed by atoms with Gasteiger partial charge in [0.25, 0.3) is 0 Å². The fourth-order valence-corrected chi connectivity index (χ4v) is 3.06. The van der Waals surface area contributed by atoms with Gasteiger partial charge in [0.1, 0.15) is 0 Å². The summed E-state index contributed by atoms with van der Waals surface area (Å²) >= 11 is 0.443. The standard InChI is InChI=1S/2H2O4S.2Sb.4H/c2*1-5(2,3)4;;;;;;/h2*(H2,1,2,3,4);;;;;;/q;;2*+1;;;;/p-2. The molecular weight excluding hydrogens is 436 g/mol. The van der Waals surface area contributed by atoms with E-state index in [4.69, 9.17) is 17.5 Å². The van der Waals surface area contributed by atoms with E-state index in [9.17, 15) is 8.42 Å². The Labute approximate surface area is 97.6 Å². The fraction of sp³-hybridized carbons (Fsp3) is 0. The van der Waals surface area contributed by atoms with Crippen molar-refractivity contribution in [1.82, 2.24) is 0 Å². The summed E-state index contributed by atoms with van der Waals surface area (Å²) < 4.78 is 59.6. The van der Waals surface area contributed by atoms with E-state index in [1.165, 1.54) is 0 Å². The van der Waals surface area contributed by atoms with Crippen molar-refractivity contribution in [2.75, 3.05) is 0 Å². The van der Waals surface area contributed by atoms with Crippen LogP contribution in [0.3, 0.4) is 0 Å². The Morgan fingerprint density at radius 1 is 0.917 bits per heavy atom. The summed E-state index contributed by atoms with van der Waals surface area (Å²) in [6.07, 6.45) is 0. The molecule has 0 aromatic rings. The Hall–Kier alpha value is 1.38. The minimum absolute atomic E-state index is 0.221. The Balaban J connectivity index is 0. The topological polar surface area (TPSA) is 127 Å². The zero-order chi connectivity index (χ0) is 10.4. The second-order valence-corrected chi connectivity index (χ2v) is 6.44. The van der Waals surface area contributed by atoms with Crippen molar-refractivity contribution in [3.05, 3.63) is 0 Å². The summed E-state index contributed by atoms with van der Waals surface area (Å²) in [6, 6.07) is 0. The molecule has 0 rings (SSSR count). The van der Waals surface area contributed by atoms with Crippen LogP contribution in [0.25, 0.3) is 0 Å². The summed E-state index contributed by atoms with van der Waals surface area (Å²) in [5.74, 6) is 0. The molecule has 0 atom stereocenters. The minimum atomic E-state index is -4.67. The first-order valence-corrected chi connectivity index (χ1v) is 7.26. The van der Waals surface area contributed by atoms with Crippen LogP contribution in [0, 0.1) is 0 Å². The molecule has 12 heteroatoms. The molecule has 0 saturated carbocycles. The van der Waals surface area contributed by atoms with Gasteiger partial charge in [0.2, 0.25) is 0 Å². The Morgan fingerprint density at radius 3 is 1.08 bits per heavy atom. The van der Waals surface area contributed by atoms with Gasteiger partial charge in [0.15, 0.2) is 0 Å². The Kier molecular flexibility index (Phi) is 8.94. The van der Waals surface area contributed by atoms with Crippen molar-refractivity contribution in [1.29, 1.82) is 0 Å². The molecule has 0 aliphatic rings. The van der Waals surface area contributed by atoms with Gasteiger partial charge in [-0.3, -0.25) is 9.11 Å². The second-order valence-electron chi connectivity index (χ2n) is 1.05. The fourth-order valence-electron chi connectivity index (χ4n) is 0.0227. The van der Waals surface area contributed by atoms with Gasteiger partial charge >= 0.3 is 81.0 Å². The van der Waals surface area contributed by atoms with Gasteiger partial charge in [-0.25, -0.2) is 0 Å². The van der Waals surface area contributed by atoms with Gasteiger partial charge in [0.05, 0.1) is 0 Å². The summed E-state index contributed by atoms with van der Waals surface area (Å²) in [4.78, 5) is 0. The van der Waals surface area contributed by atoms with Gasteiger partial charge < -0.3 is 0 Å². The van der Waals surface area contributed by atoms with E-state index in [1.807, 2.05) is 0 Å². The van der Waals surface area contributed by atoms with E-state index in [0.717, 1.165) is 0 Å². The summed E-state index contributed by atoms with van der Waals surface area (Å²) in [7, 11) is -8.21. The van der Waals surface area contributed by atoms with Crippen LogP contribution in [0.2, 0.25) is 0 Å². The van der Waals surface area contributed by atoms with Crippen molar-refractivity contribution in [2.24, 2.45) is 0 Å². The number of rotatable bonds is 2. The molecule has 0 amide bonds. The third kappa shape index (κ3) is 22.5. The molecule has 76 valence electrons. The van der Waals surface area contributed by atoms with Crippen molar-refractivity contribution in [3.8, 4) is 0 Å². The predicted octanol–water partition coefficient (Wildman–Crippen LogP) is -3.29. The van der Waals surface area contributed by atoms with Crippen LogP contribution in [-0.2, 0) is 25.7 Å². The monoisotopic (exact) mass is 440 g/mol. The molecule has 0 fully saturated rings. The van der Waals surface area contributed by atoms with Crippen LogP contribution < -0.4 is 0 Å². The van der Waals surface area contributed by atoms with Crippen LogP contribution in [0.5, 0.6) is 0 Å². The first kappa shape index (κ1) is 15.8. The Morgan fingerprint density at radius 2 is 1.08 bits per heavy atom. The summed E-state index contributed by atoms with van der Waals surface area (Å²) in [6.45, 7) is 0. The van der Waals surface area contributed by atoms with Crippen LogP contribution in [0.1, 0.15) is 0 Å². The maximum absolute atomic E-state index is 9.99. The van der Waals surface area contributed by atoms with E-state index < -0.39 is 20.8 Å². The molecule has 2 N–H and O–H groups in total. The second kappa shape index (κ2) is 6.77. The molecule has 8 nitrogen and oxygen atoms in total. The first-order valence-electron chi connectivity index (χ1n) is 1.84. The van der Waals surface area contributed by atoms with E-state index >= 15 is 0 Å². The van der Waals surface area contributed by atoms with Gasteiger partial charge in [0, 0.05) is 0 Å². The average molecular weight is 442 g/mol. The molecule has 0 bridgehead atoms. The summed E-state index contributed by atoms with van der Waals surface area (Å²) in [5, 5.41) is 0. The molecule has 12 heavy (non-hydrogen) atoms. The number of hydrogen-bond acceptors (Lipinski definition) is 6. The van der Waals surface area contributed by atoms with Crippen molar-refractivity contribution in [2.45, 2.75) is 0 Å². The maximum atomic E-state index is 9.99. The van der Waals surface area contributed by atoms with E-state index in [-0.39, 0.29) is 46.9 Å².